The number of carbonyl (C=O) groups excluding carboxylic acids is 1. The summed E-state index contributed by atoms with van der Waals surface area (Å²) in [5.74, 6) is -0.566. The number of hydrogen-bond acceptors (Lipinski definition) is 7. The van der Waals surface area contributed by atoms with Gasteiger partial charge in [0, 0.05) is 29.7 Å². The number of anilines is 1. The molecule has 0 saturated heterocycles. The number of aromatic nitrogens is 4. The van der Waals surface area contributed by atoms with Gasteiger partial charge in [-0.25, -0.2) is 4.79 Å². The molecule has 2 N–H and O–H groups in total. The lowest BCUT2D eigenvalue weighted by atomic mass is 10.1. The van der Waals surface area contributed by atoms with E-state index in [2.05, 4.69) is 20.8 Å². The summed E-state index contributed by atoms with van der Waals surface area (Å²) in [4.78, 5) is 23.1. The molecule has 0 atom stereocenters. The lowest BCUT2D eigenvalue weighted by Gasteiger charge is -2.08. The number of hydrogen-bond donors (Lipinski definition) is 2. The van der Waals surface area contributed by atoms with E-state index in [1.54, 1.807) is 29.1 Å². The molecule has 0 fully saturated rings. The van der Waals surface area contributed by atoms with Crippen LogP contribution in [-0.4, -0.2) is 37.1 Å². The van der Waals surface area contributed by atoms with Crippen molar-refractivity contribution in [3.8, 4) is 17.1 Å². The lowest BCUT2D eigenvalue weighted by molar-refractivity contribution is -0.116. The van der Waals surface area contributed by atoms with Crippen molar-refractivity contribution in [1.82, 2.24) is 20.2 Å². The third kappa shape index (κ3) is 6.67. The fourth-order valence-electron chi connectivity index (χ4n) is 3.29. The molecule has 2 aromatic heterocycles. The van der Waals surface area contributed by atoms with Crippen molar-refractivity contribution in [2.24, 2.45) is 0 Å². The Hall–Kier alpha value is -4.18. The van der Waals surface area contributed by atoms with Crippen LogP contribution in [0.2, 0.25) is 5.02 Å². The molecule has 0 radical (unpaired) electrons. The van der Waals surface area contributed by atoms with E-state index in [1.165, 1.54) is 6.07 Å². The number of aryl methyl sites for hydroxylation is 1. The van der Waals surface area contributed by atoms with Crippen LogP contribution in [0.5, 0.6) is 5.75 Å². The first kappa shape index (κ1) is 24.0. The minimum Gasteiger partial charge on any atom is -0.486 e. The molecular formula is C24H22ClN5O5. The van der Waals surface area contributed by atoms with Gasteiger partial charge in [0.1, 0.15) is 18.1 Å². The van der Waals surface area contributed by atoms with E-state index in [4.69, 9.17) is 26.0 Å². The molecule has 0 aliphatic rings. The second-order valence-corrected chi connectivity index (χ2v) is 8.09. The quantitative estimate of drug-likeness (QED) is 0.287. The van der Waals surface area contributed by atoms with Crippen molar-refractivity contribution in [3.63, 3.8) is 0 Å². The smallest absolute Gasteiger partial charge is 0.358 e. The number of halogens is 1. The fraction of sp³-hybridized carbons (Fsp3) is 0.208. The maximum absolute atomic E-state index is 12.0. The largest absolute Gasteiger partial charge is 0.486 e. The Labute approximate surface area is 205 Å². The van der Waals surface area contributed by atoms with Crippen LogP contribution in [0.4, 0.5) is 5.69 Å². The van der Waals surface area contributed by atoms with Gasteiger partial charge in [0.15, 0.2) is 11.5 Å². The zero-order chi connectivity index (χ0) is 24.6. The van der Waals surface area contributed by atoms with E-state index in [0.717, 1.165) is 12.1 Å². The Morgan fingerprint density at radius 1 is 1.11 bits per heavy atom. The summed E-state index contributed by atoms with van der Waals surface area (Å²) in [5.41, 5.74) is 1.65. The summed E-state index contributed by atoms with van der Waals surface area (Å²) >= 11 is 6.09. The Balaban J connectivity index is 1.27. The van der Waals surface area contributed by atoms with Crippen molar-refractivity contribution >= 4 is 29.2 Å². The minimum atomic E-state index is -1.20. The highest BCUT2D eigenvalue weighted by Gasteiger charge is 2.17. The Morgan fingerprint density at radius 3 is 2.71 bits per heavy atom. The van der Waals surface area contributed by atoms with Crippen LogP contribution < -0.4 is 10.1 Å². The molecule has 2 heterocycles. The molecule has 2 aromatic carbocycles. The molecule has 35 heavy (non-hydrogen) atoms. The number of ether oxygens (including phenoxy) is 1. The van der Waals surface area contributed by atoms with Gasteiger partial charge in [-0.2, -0.15) is 0 Å². The lowest BCUT2D eigenvalue weighted by Crippen LogP contribution is -2.11. The average Bonchev–Trinajstić information content (AvgIpc) is 3.52. The number of aromatic carboxylic acids is 1. The van der Waals surface area contributed by atoms with Crippen LogP contribution in [-0.2, 0) is 17.9 Å². The van der Waals surface area contributed by atoms with Crippen molar-refractivity contribution in [1.29, 1.82) is 0 Å². The predicted molar refractivity (Wildman–Crippen MR) is 127 cm³/mol. The number of carbonyl (C=O) groups is 2. The Kier molecular flexibility index (Phi) is 7.74. The predicted octanol–water partition coefficient (Wildman–Crippen LogP) is 4.67. The van der Waals surface area contributed by atoms with Crippen molar-refractivity contribution in [2.45, 2.75) is 32.4 Å². The van der Waals surface area contributed by atoms with Crippen molar-refractivity contribution in [2.75, 3.05) is 5.32 Å². The third-order valence-electron chi connectivity index (χ3n) is 5.00. The standard InChI is InChI=1S/C24H22ClN5O5/c25-16-9-10-21(19(12-16)22-13-20(24(32)33)28-35-22)34-15-18-14-30(29-27-18)11-5-4-8-23(31)26-17-6-2-1-3-7-17/h1-3,6-7,9-10,12-14H,4-5,8,11,15H2,(H,26,31)(H,32,33). The summed E-state index contributed by atoms with van der Waals surface area (Å²) in [6.45, 7) is 0.752. The first-order valence-electron chi connectivity index (χ1n) is 10.8. The van der Waals surface area contributed by atoms with E-state index >= 15 is 0 Å². The van der Waals surface area contributed by atoms with Gasteiger partial charge in [0.2, 0.25) is 5.91 Å². The summed E-state index contributed by atoms with van der Waals surface area (Å²) in [6.07, 6.45) is 3.68. The third-order valence-corrected chi connectivity index (χ3v) is 5.23. The minimum absolute atomic E-state index is 0.0233. The number of carboxylic acid groups (broad SMARTS) is 1. The number of benzene rings is 2. The van der Waals surface area contributed by atoms with E-state index < -0.39 is 5.97 Å². The number of nitrogens with one attached hydrogen (secondary N) is 1. The normalized spacial score (nSPS) is 10.8. The van der Waals surface area contributed by atoms with Gasteiger partial charge >= 0.3 is 5.97 Å². The van der Waals surface area contributed by atoms with Crippen LogP contribution in [0.25, 0.3) is 11.3 Å². The Bertz CT molecular complexity index is 1300. The van der Waals surface area contributed by atoms with Gasteiger partial charge in [0.25, 0.3) is 0 Å². The second kappa shape index (κ2) is 11.3. The second-order valence-electron chi connectivity index (χ2n) is 7.65. The van der Waals surface area contributed by atoms with Crippen LogP contribution in [0.15, 0.2) is 65.3 Å². The van der Waals surface area contributed by atoms with E-state index in [-0.39, 0.29) is 24.0 Å². The summed E-state index contributed by atoms with van der Waals surface area (Å²) in [7, 11) is 0. The highest BCUT2D eigenvalue weighted by atomic mass is 35.5. The van der Waals surface area contributed by atoms with E-state index in [0.29, 0.717) is 41.4 Å². The van der Waals surface area contributed by atoms with E-state index in [1.807, 2.05) is 30.3 Å². The van der Waals surface area contributed by atoms with Gasteiger partial charge < -0.3 is 19.7 Å². The summed E-state index contributed by atoms with van der Waals surface area (Å²) in [5, 5.41) is 24.1. The first-order valence-corrected chi connectivity index (χ1v) is 11.2. The number of para-hydroxylation sites is 1. The molecule has 10 nitrogen and oxygen atoms in total. The van der Waals surface area contributed by atoms with Crippen LogP contribution in [0.1, 0.15) is 35.4 Å². The van der Waals surface area contributed by atoms with Crippen molar-refractivity contribution < 1.29 is 24.0 Å². The highest BCUT2D eigenvalue weighted by Crippen LogP contribution is 2.33. The molecule has 0 unspecified atom stereocenters. The van der Waals surface area contributed by atoms with Gasteiger partial charge in [-0.3, -0.25) is 9.48 Å². The zero-order valence-corrected chi connectivity index (χ0v) is 19.3. The SMILES string of the molecule is O=C(CCCCn1cc(COc2ccc(Cl)cc2-c2cc(C(=O)O)no2)nn1)Nc1ccccc1. The molecular weight excluding hydrogens is 474 g/mol. The molecule has 4 aromatic rings. The molecule has 0 saturated carbocycles. The molecule has 4 rings (SSSR count). The maximum Gasteiger partial charge on any atom is 0.358 e. The number of nitrogens with zero attached hydrogens (tertiary/aromatic N) is 4. The zero-order valence-electron chi connectivity index (χ0n) is 18.6. The topological polar surface area (TPSA) is 132 Å². The van der Waals surface area contributed by atoms with Crippen molar-refractivity contribution in [3.05, 3.63) is 77.2 Å². The molecule has 11 heteroatoms. The van der Waals surface area contributed by atoms with Crippen LogP contribution in [0, 0.1) is 0 Å². The van der Waals surface area contributed by atoms with Crippen LogP contribution in [0.3, 0.4) is 0 Å². The van der Waals surface area contributed by atoms with Gasteiger partial charge in [-0.1, -0.05) is 40.2 Å². The number of rotatable bonds is 11. The molecule has 1 amide bonds. The van der Waals surface area contributed by atoms with Crippen LogP contribution >= 0.6 is 11.6 Å². The maximum atomic E-state index is 12.0. The molecule has 180 valence electrons. The van der Waals surface area contributed by atoms with Gasteiger partial charge in [0.05, 0.1) is 11.8 Å². The fourth-order valence-corrected chi connectivity index (χ4v) is 3.47. The Morgan fingerprint density at radius 2 is 1.94 bits per heavy atom. The summed E-state index contributed by atoms with van der Waals surface area (Å²) < 4.78 is 12.7. The molecule has 0 aliphatic carbocycles. The molecule has 0 aliphatic heterocycles. The highest BCUT2D eigenvalue weighted by molar-refractivity contribution is 6.31. The van der Waals surface area contributed by atoms with Gasteiger partial charge in [-0.15, -0.1) is 5.10 Å². The monoisotopic (exact) mass is 495 g/mol. The number of amides is 1. The molecule has 0 bridgehead atoms. The average molecular weight is 496 g/mol. The number of unbranched alkanes of at least 4 members (excludes halogenated alkanes) is 1. The molecule has 0 spiro atoms. The van der Waals surface area contributed by atoms with E-state index in [9.17, 15) is 9.59 Å². The number of carboxylic acids is 1. The summed E-state index contributed by atoms with van der Waals surface area (Å²) in [6, 6.07) is 15.6. The van der Waals surface area contributed by atoms with Gasteiger partial charge in [-0.05, 0) is 43.2 Å². The first-order chi connectivity index (χ1) is 17.0.